The zero-order chi connectivity index (χ0) is 15.2. The van der Waals surface area contributed by atoms with Crippen LogP contribution in [-0.2, 0) is 6.42 Å². The van der Waals surface area contributed by atoms with Crippen LogP contribution >= 0.6 is 11.6 Å². The van der Waals surface area contributed by atoms with E-state index in [1.54, 1.807) is 0 Å². The molecule has 0 radical (unpaired) electrons. The minimum Gasteiger partial charge on any atom is -0.306 e. The van der Waals surface area contributed by atoms with Crippen molar-refractivity contribution in [3.8, 4) is 0 Å². The minimum atomic E-state index is 0.203. The van der Waals surface area contributed by atoms with Gasteiger partial charge in [0.1, 0.15) is 0 Å². The average molecular weight is 302 g/mol. The van der Waals surface area contributed by atoms with E-state index in [1.165, 1.54) is 16.7 Å². The molecule has 0 saturated heterocycles. The van der Waals surface area contributed by atoms with Gasteiger partial charge in [-0.2, -0.15) is 0 Å². The van der Waals surface area contributed by atoms with Crippen molar-refractivity contribution < 1.29 is 0 Å². The van der Waals surface area contributed by atoms with Gasteiger partial charge in [0.2, 0.25) is 0 Å². The summed E-state index contributed by atoms with van der Waals surface area (Å²) < 4.78 is 0. The fourth-order valence-corrected chi connectivity index (χ4v) is 2.76. The molecule has 0 spiro atoms. The van der Waals surface area contributed by atoms with Crippen LogP contribution in [0.4, 0.5) is 0 Å². The Kier molecular flexibility index (Phi) is 5.84. The fraction of sp³-hybridized carbons (Fsp3) is 0.368. The van der Waals surface area contributed by atoms with Crippen molar-refractivity contribution in [2.24, 2.45) is 0 Å². The average Bonchev–Trinajstić information content (AvgIpc) is 2.52. The number of rotatable bonds is 6. The summed E-state index contributed by atoms with van der Waals surface area (Å²) >= 11 is 6.30. The molecule has 2 aromatic rings. The molecule has 1 atom stereocenters. The standard InChI is InChI=1S/C19H24ClN/c1-4-13-21-19(16-11-9-15(5-2)10-12-16)17-7-6-8-18(20)14(17)3/h6-12,19,21H,4-5,13H2,1-3H3. The maximum atomic E-state index is 6.30. The molecule has 21 heavy (non-hydrogen) atoms. The quantitative estimate of drug-likeness (QED) is 0.763. The van der Waals surface area contributed by atoms with E-state index in [1.807, 2.05) is 12.1 Å². The Morgan fingerprint density at radius 1 is 1.05 bits per heavy atom. The third-order valence-electron chi connectivity index (χ3n) is 3.94. The predicted molar refractivity (Wildman–Crippen MR) is 92.1 cm³/mol. The van der Waals surface area contributed by atoms with Crippen LogP contribution in [0.1, 0.15) is 48.6 Å². The van der Waals surface area contributed by atoms with Crippen molar-refractivity contribution in [3.63, 3.8) is 0 Å². The van der Waals surface area contributed by atoms with E-state index in [9.17, 15) is 0 Å². The molecule has 0 saturated carbocycles. The van der Waals surface area contributed by atoms with Gasteiger partial charge >= 0.3 is 0 Å². The van der Waals surface area contributed by atoms with Gasteiger partial charge in [-0.15, -0.1) is 0 Å². The molecular formula is C19H24ClN. The molecule has 112 valence electrons. The van der Waals surface area contributed by atoms with Gasteiger partial charge in [0.15, 0.2) is 0 Å². The lowest BCUT2D eigenvalue weighted by molar-refractivity contribution is 0.596. The maximum Gasteiger partial charge on any atom is 0.0579 e. The van der Waals surface area contributed by atoms with E-state index in [2.05, 4.69) is 56.4 Å². The van der Waals surface area contributed by atoms with Crippen LogP contribution in [0.25, 0.3) is 0 Å². The molecule has 0 aliphatic heterocycles. The zero-order valence-electron chi connectivity index (χ0n) is 13.1. The first-order valence-corrected chi connectivity index (χ1v) is 8.12. The molecule has 0 amide bonds. The molecule has 0 aliphatic carbocycles. The summed E-state index contributed by atoms with van der Waals surface area (Å²) in [6, 6.07) is 15.3. The molecule has 0 fully saturated rings. The van der Waals surface area contributed by atoms with Gasteiger partial charge in [0, 0.05) is 5.02 Å². The van der Waals surface area contributed by atoms with Crippen LogP contribution in [0.3, 0.4) is 0 Å². The second kappa shape index (κ2) is 7.63. The lowest BCUT2D eigenvalue weighted by Gasteiger charge is -2.22. The van der Waals surface area contributed by atoms with Crippen molar-refractivity contribution in [3.05, 3.63) is 69.7 Å². The summed E-state index contributed by atoms with van der Waals surface area (Å²) in [5.41, 5.74) is 5.09. The summed E-state index contributed by atoms with van der Waals surface area (Å²) in [6.45, 7) is 7.46. The molecule has 1 N–H and O–H groups in total. The molecular weight excluding hydrogens is 278 g/mol. The summed E-state index contributed by atoms with van der Waals surface area (Å²) in [5, 5.41) is 4.48. The molecule has 2 heteroatoms. The van der Waals surface area contributed by atoms with Gasteiger partial charge in [-0.25, -0.2) is 0 Å². The highest BCUT2D eigenvalue weighted by molar-refractivity contribution is 6.31. The van der Waals surface area contributed by atoms with Crippen molar-refractivity contribution in [1.29, 1.82) is 0 Å². The van der Waals surface area contributed by atoms with E-state index >= 15 is 0 Å². The zero-order valence-corrected chi connectivity index (χ0v) is 13.9. The van der Waals surface area contributed by atoms with Crippen LogP contribution < -0.4 is 5.32 Å². The van der Waals surface area contributed by atoms with Crippen molar-refractivity contribution >= 4 is 11.6 Å². The molecule has 0 bridgehead atoms. The van der Waals surface area contributed by atoms with Crippen molar-refractivity contribution in [1.82, 2.24) is 5.32 Å². The topological polar surface area (TPSA) is 12.0 Å². The normalized spacial score (nSPS) is 12.4. The van der Waals surface area contributed by atoms with E-state index < -0.39 is 0 Å². The fourth-order valence-electron chi connectivity index (χ4n) is 2.58. The predicted octanol–water partition coefficient (Wildman–Crippen LogP) is 5.30. The highest BCUT2D eigenvalue weighted by Crippen LogP contribution is 2.29. The summed E-state index contributed by atoms with van der Waals surface area (Å²) in [4.78, 5) is 0. The molecule has 1 nitrogen and oxygen atoms in total. The smallest absolute Gasteiger partial charge is 0.0579 e. The molecule has 0 aliphatic rings. The van der Waals surface area contributed by atoms with Crippen molar-refractivity contribution in [2.45, 2.75) is 39.7 Å². The van der Waals surface area contributed by atoms with Gasteiger partial charge in [-0.05, 0) is 54.6 Å². The van der Waals surface area contributed by atoms with Crippen LogP contribution in [-0.4, -0.2) is 6.54 Å². The molecule has 1 unspecified atom stereocenters. The SMILES string of the molecule is CCCNC(c1ccc(CC)cc1)c1cccc(Cl)c1C. The summed E-state index contributed by atoms with van der Waals surface area (Å²) in [5.74, 6) is 0. The molecule has 0 heterocycles. The third-order valence-corrected chi connectivity index (χ3v) is 4.35. The Morgan fingerprint density at radius 2 is 1.76 bits per heavy atom. The molecule has 2 rings (SSSR count). The number of nitrogens with one attached hydrogen (secondary N) is 1. The van der Waals surface area contributed by atoms with E-state index in [4.69, 9.17) is 11.6 Å². The Labute approximate surface area is 133 Å². The first-order valence-electron chi connectivity index (χ1n) is 7.74. The Hall–Kier alpha value is -1.31. The second-order valence-electron chi connectivity index (χ2n) is 5.44. The lowest BCUT2D eigenvalue weighted by Crippen LogP contribution is -2.24. The Bertz CT molecular complexity index is 575. The number of aryl methyl sites for hydroxylation is 1. The maximum absolute atomic E-state index is 6.30. The Balaban J connectivity index is 2.39. The van der Waals surface area contributed by atoms with Gasteiger partial charge in [-0.3, -0.25) is 0 Å². The number of hydrogen-bond donors (Lipinski definition) is 1. The third kappa shape index (κ3) is 3.87. The Morgan fingerprint density at radius 3 is 2.38 bits per heavy atom. The second-order valence-corrected chi connectivity index (χ2v) is 5.84. The first kappa shape index (κ1) is 16.1. The van der Waals surface area contributed by atoms with Gasteiger partial charge in [0.25, 0.3) is 0 Å². The van der Waals surface area contributed by atoms with E-state index in [-0.39, 0.29) is 6.04 Å². The number of halogens is 1. The molecule has 2 aromatic carbocycles. The summed E-state index contributed by atoms with van der Waals surface area (Å²) in [6.07, 6.45) is 2.19. The monoisotopic (exact) mass is 301 g/mol. The minimum absolute atomic E-state index is 0.203. The highest BCUT2D eigenvalue weighted by Gasteiger charge is 2.16. The van der Waals surface area contributed by atoms with Gasteiger partial charge in [0.05, 0.1) is 6.04 Å². The van der Waals surface area contributed by atoms with Gasteiger partial charge in [-0.1, -0.05) is 61.8 Å². The number of hydrogen-bond acceptors (Lipinski definition) is 1. The summed E-state index contributed by atoms with van der Waals surface area (Å²) in [7, 11) is 0. The van der Waals surface area contributed by atoms with Crippen molar-refractivity contribution in [2.75, 3.05) is 6.54 Å². The lowest BCUT2D eigenvalue weighted by atomic mass is 9.94. The van der Waals surface area contributed by atoms with Crippen LogP contribution in [0.2, 0.25) is 5.02 Å². The van der Waals surface area contributed by atoms with Crippen LogP contribution in [0.5, 0.6) is 0 Å². The van der Waals surface area contributed by atoms with E-state index in [0.29, 0.717) is 0 Å². The van der Waals surface area contributed by atoms with Crippen LogP contribution in [0, 0.1) is 6.92 Å². The van der Waals surface area contributed by atoms with E-state index in [0.717, 1.165) is 30.0 Å². The molecule has 0 aromatic heterocycles. The first-order chi connectivity index (χ1) is 10.2. The number of benzene rings is 2. The largest absolute Gasteiger partial charge is 0.306 e. The van der Waals surface area contributed by atoms with Gasteiger partial charge < -0.3 is 5.32 Å². The van der Waals surface area contributed by atoms with Crippen LogP contribution in [0.15, 0.2) is 42.5 Å². The highest BCUT2D eigenvalue weighted by atomic mass is 35.5.